The predicted octanol–water partition coefficient (Wildman–Crippen LogP) is 3.02. The second-order valence-corrected chi connectivity index (χ2v) is 6.24. The first kappa shape index (κ1) is 16.8. The number of halogens is 1. The molecule has 19 heavy (non-hydrogen) atoms. The van der Waals surface area contributed by atoms with Crippen LogP contribution in [0.1, 0.15) is 19.4 Å². The molecule has 0 radical (unpaired) electrons. The average molecular weight is 301 g/mol. The molecule has 2 atom stereocenters. The third-order valence-electron chi connectivity index (χ3n) is 3.62. The number of hydrogen-bond acceptors (Lipinski definition) is 3. The molecule has 0 aromatic heterocycles. The highest BCUT2D eigenvalue weighted by molar-refractivity contribution is 7.98. The lowest BCUT2D eigenvalue weighted by atomic mass is 10.1. The smallest absolute Gasteiger partial charge is 0.0196 e. The summed E-state index contributed by atoms with van der Waals surface area (Å²) in [7, 11) is 0. The highest BCUT2D eigenvalue weighted by atomic mass is 35.5. The molecule has 108 valence electrons. The van der Waals surface area contributed by atoms with Crippen LogP contribution in [0, 0.1) is 0 Å². The molecule has 1 saturated heterocycles. The summed E-state index contributed by atoms with van der Waals surface area (Å²) in [4.78, 5) is 2.63. The summed E-state index contributed by atoms with van der Waals surface area (Å²) in [6.45, 7) is 8.12. The molecular formula is C15H25ClN2S. The zero-order valence-corrected chi connectivity index (χ0v) is 13.5. The number of piperazine rings is 1. The van der Waals surface area contributed by atoms with Crippen molar-refractivity contribution in [1.29, 1.82) is 0 Å². The van der Waals surface area contributed by atoms with E-state index in [2.05, 4.69) is 54.4 Å². The minimum absolute atomic E-state index is 0. The van der Waals surface area contributed by atoms with Crippen molar-refractivity contribution in [2.45, 2.75) is 31.7 Å². The van der Waals surface area contributed by atoms with E-state index in [0.717, 1.165) is 18.8 Å². The van der Waals surface area contributed by atoms with Gasteiger partial charge in [-0.3, -0.25) is 4.90 Å². The standard InChI is InChI=1S/C15H24N2S.ClH/c1-13-10-16-11-14(2)17(13)8-9-18-12-15-6-4-3-5-7-15;/h3-7,13-14,16H,8-12H2,1-2H3;1H/t13-,14+;. The third kappa shape index (κ3) is 5.35. The number of rotatable bonds is 5. The molecule has 2 rings (SSSR count). The lowest BCUT2D eigenvalue weighted by Gasteiger charge is -2.39. The highest BCUT2D eigenvalue weighted by Crippen LogP contribution is 2.15. The van der Waals surface area contributed by atoms with Crippen molar-refractivity contribution in [3.8, 4) is 0 Å². The van der Waals surface area contributed by atoms with Crippen LogP contribution in [-0.2, 0) is 5.75 Å². The van der Waals surface area contributed by atoms with Crippen LogP contribution < -0.4 is 5.32 Å². The second-order valence-electron chi connectivity index (χ2n) is 5.13. The van der Waals surface area contributed by atoms with Crippen LogP contribution in [-0.4, -0.2) is 42.4 Å². The Morgan fingerprint density at radius 3 is 2.42 bits per heavy atom. The Labute approximate surface area is 127 Å². The maximum atomic E-state index is 3.48. The zero-order valence-electron chi connectivity index (χ0n) is 11.8. The fourth-order valence-electron chi connectivity index (χ4n) is 2.55. The van der Waals surface area contributed by atoms with Crippen molar-refractivity contribution >= 4 is 24.2 Å². The Kier molecular flexibility index (Phi) is 7.84. The molecule has 0 spiro atoms. The quantitative estimate of drug-likeness (QED) is 0.842. The van der Waals surface area contributed by atoms with Crippen molar-refractivity contribution in [3.63, 3.8) is 0 Å². The molecule has 0 bridgehead atoms. The van der Waals surface area contributed by atoms with Gasteiger partial charge in [-0.05, 0) is 19.4 Å². The van der Waals surface area contributed by atoms with Gasteiger partial charge in [0.25, 0.3) is 0 Å². The summed E-state index contributed by atoms with van der Waals surface area (Å²) in [5, 5.41) is 3.48. The Balaban J connectivity index is 0.00000180. The fraction of sp³-hybridized carbons (Fsp3) is 0.600. The molecular weight excluding hydrogens is 276 g/mol. The fourth-order valence-corrected chi connectivity index (χ4v) is 3.46. The highest BCUT2D eigenvalue weighted by Gasteiger charge is 2.23. The first-order valence-corrected chi connectivity index (χ1v) is 8.01. The van der Waals surface area contributed by atoms with Crippen molar-refractivity contribution in [2.75, 3.05) is 25.4 Å². The normalized spacial score (nSPS) is 23.9. The molecule has 1 N–H and O–H groups in total. The summed E-state index contributed by atoms with van der Waals surface area (Å²) >= 11 is 2.04. The van der Waals surface area contributed by atoms with Gasteiger partial charge in [0.05, 0.1) is 0 Å². The van der Waals surface area contributed by atoms with E-state index in [0.29, 0.717) is 12.1 Å². The van der Waals surface area contributed by atoms with Crippen molar-refractivity contribution < 1.29 is 0 Å². The molecule has 0 unspecified atom stereocenters. The minimum Gasteiger partial charge on any atom is -0.314 e. The Bertz CT molecular complexity index is 337. The number of nitrogens with zero attached hydrogens (tertiary/aromatic N) is 1. The first-order chi connectivity index (χ1) is 8.77. The predicted molar refractivity (Wildman–Crippen MR) is 88.4 cm³/mol. The molecule has 1 aromatic carbocycles. The molecule has 1 fully saturated rings. The van der Waals surface area contributed by atoms with Crippen LogP contribution in [0.2, 0.25) is 0 Å². The number of nitrogens with one attached hydrogen (secondary N) is 1. The lowest BCUT2D eigenvalue weighted by Crippen LogP contribution is -2.55. The van der Waals surface area contributed by atoms with Crippen LogP contribution >= 0.6 is 24.2 Å². The van der Waals surface area contributed by atoms with E-state index >= 15 is 0 Å². The van der Waals surface area contributed by atoms with Gasteiger partial charge in [0.1, 0.15) is 0 Å². The first-order valence-electron chi connectivity index (χ1n) is 6.85. The van der Waals surface area contributed by atoms with E-state index in [1.165, 1.54) is 17.9 Å². The number of benzene rings is 1. The zero-order chi connectivity index (χ0) is 12.8. The van der Waals surface area contributed by atoms with Crippen molar-refractivity contribution in [1.82, 2.24) is 10.2 Å². The van der Waals surface area contributed by atoms with E-state index < -0.39 is 0 Å². The van der Waals surface area contributed by atoms with Gasteiger partial charge in [0.2, 0.25) is 0 Å². The largest absolute Gasteiger partial charge is 0.314 e. The maximum Gasteiger partial charge on any atom is 0.0196 e. The third-order valence-corrected chi connectivity index (χ3v) is 4.63. The van der Waals surface area contributed by atoms with Crippen LogP contribution in [0.4, 0.5) is 0 Å². The van der Waals surface area contributed by atoms with Crippen molar-refractivity contribution in [3.05, 3.63) is 35.9 Å². The second kappa shape index (κ2) is 8.85. The summed E-state index contributed by atoms with van der Waals surface area (Å²) in [6, 6.07) is 12.1. The Morgan fingerprint density at radius 2 is 1.79 bits per heavy atom. The molecule has 0 aliphatic carbocycles. The number of thioether (sulfide) groups is 1. The Morgan fingerprint density at radius 1 is 1.16 bits per heavy atom. The van der Waals surface area contributed by atoms with Gasteiger partial charge in [-0.1, -0.05) is 30.3 Å². The van der Waals surface area contributed by atoms with Gasteiger partial charge in [-0.2, -0.15) is 11.8 Å². The summed E-state index contributed by atoms with van der Waals surface area (Å²) in [5.74, 6) is 2.36. The molecule has 1 aromatic rings. The average Bonchev–Trinajstić information content (AvgIpc) is 2.38. The molecule has 1 heterocycles. The monoisotopic (exact) mass is 300 g/mol. The van der Waals surface area contributed by atoms with Crippen molar-refractivity contribution in [2.24, 2.45) is 0 Å². The van der Waals surface area contributed by atoms with E-state index in [1.807, 2.05) is 11.8 Å². The Hall–Kier alpha value is -0.220. The molecule has 1 aliphatic rings. The summed E-state index contributed by atoms with van der Waals surface area (Å²) in [5.41, 5.74) is 1.43. The molecule has 2 nitrogen and oxygen atoms in total. The summed E-state index contributed by atoms with van der Waals surface area (Å²) in [6.07, 6.45) is 0. The van der Waals surface area contributed by atoms with E-state index in [1.54, 1.807) is 0 Å². The van der Waals surface area contributed by atoms with E-state index in [-0.39, 0.29) is 12.4 Å². The van der Waals surface area contributed by atoms with Crippen LogP contribution in [0.15, 0.2) is 30.3 Å². The van der Waals surface area contributed by atoms with Gasteiger partial charge >= 0.3 is 0 Å². The lowest BCUT2D eigenvalue weighted by molar-refractivity contribution is 0.126. The van der Waals surface area contributed by atoms with E-state index in [4.69, 9.17) is 0 Å². The molecule has 1 aliphatic heterocycles. The summed E-state index contributed by atoms with van der Waals surface area (Å²) < 4.78 is 0. The maximum absolute atomic E-state index is 3.48. The molecule has 0 saturated carbocycles. The van der Waals surface area contributed by atoms with Crippen LogP contribution in [0.25, 0.3) is 0 Å². The van der Waals surface area contributed by atoms with Crippen LogP contribution in [0.5, 0.6) is 0 Å². The van der Waals surface area contributed by atoms with Gasteiger partial charge in [0, 0.05) is 43.2 Å². The van der Waals surface area contributed by atoms with Gasteiger partial charge in [-0.25, -0.2) is 0 Å². The molecule has 4 heteroatoms. The minimum atomic E-state index is 0. The van der Waals surface area contributed by atoms with Gasteiger partial charge in [-0.15, -0.1) is 12.4 Å². The van der Waals surface area contributed by atoms with Gasteiger partial charge < -0.3 is 5.32 Å². The van der Waals surface area contributed by atoms with E-state index in [9.17, 15) is 0 Å². The number of hydrogen-bond donors (Lipinski definition) is 1. The van der Waals surface area contributed by atoms with Gasteiger partial charge in [0.15, 0.2) is 0 Å². The van der Waals surface area contributed by atoms with Crippen LogP contribution in [0.3, 0.4) is 0 Å². The molecule has 0 amide bonds. The topological polar surface area (TPSA) is 15.3 Å². The SMILES string of the molecule is C[C@@H]1CNC[C@H](C)N1CCSCc1ccccc1.Cl.